The van der Waals surface area contributed by atoms with Crippen LogP contribution in [0.15, 0.2) is 24.3 Å². The predicted molar refractivity (Wildman–Crippen MR) is 61.7 cm³/mol. The Morgan fingerprint density at radius 2 is 1.94 bits per heavy atom. The van der Waals surface area contributed by atoms with Crippen molar-refractivity contribution in [3.05, 3.63) is 24.3 Å². The quantitative estimate of drug-likeness (QED) is 0.540. The smallest absolute Gasteiger partial charge is 0.317 e. The molecule has 0 fully saturated rings. The number of ketones is 1. The molecule has 3 heteroatoms. The first kappa shape index (κ1) is 12.7. The SMILES string of the molecule is CCOC(=O)C(C(C)=O)[C@H]1C=CC=C[C@H]1C. The van der Waals surface area contributed by atoms with Crippen molar-refractivity contribution in [3.63, 3.8) is 0 Å². The third-order valence-corrected chi connectivity index (χ3v) is 2.83. The van der Waals surface area contributed by atoms with E-state index in [1.54, 1.807) is 6.92 Å². The minimum atomic E-state index is -0.670. The summed E-state index contributed by atoms with van der Waals surface area (Å²) in [5.41, 5.74) is 0. The monoisotopic (exact) mass is 222 g/mol. The Kier molecular flexibility index (Phi) is 4.47. The largest absolute Gasteiger partial charge is 0.465 e. The highest BCUT2D eigenvalue weighted by Gasteiger charge is 2.35. The van der Waals surface area contributed by atoms with Gasteiger partial charge in [-0.15, -0.1) is 0 Å². The van der Waals surface area contributed by atoms with Crippen LogP contribution in [0.1, 0.15) is 20.8 Å². The van der Waals surface area contributed by atoms with Crippen molar-refractivity contribution in [2.24, 2.45) is 17.8 Å². The first-order valence-corrected chi connectivity index (χ1v) is 5.60. The highest BCUT2D eigenvalue weighted by atomic mass is 16.5. The standard InChI is InChI=1S/C13H18O3/c1-4-16-13(15)12(10(3)14)11-8-6-5-7-9(11)2/h5-9,11-12H,4H2,1-3H3/t9-,11+,12?/m1/s1. The first-order chi connectivity index (χ1) is 7.57. The second-order valence-corrected chi connectivity index (χ2v) is 4.05. The van der Waals surface area contributed by atoms with E-state index in [1.807, 2.05) is 31.2 Å². The predicted octanol–water partition coefficient (Wildman–Crippen LogP) is 2.13. The Morgan fingerprint density at radius 1 is 1.31 bits per heavy atom. The lowest BCUT2D eigenvalue weighted by atomic mass is 9.78. The zero-order chi connectivity index (χ0) is 12.1. The molecular weight excluding hydrogens is 204 g/mol. The van der Waals surface area contributed by atoms with Gasteiger partial charge in [-0.2, -0.15) is 0 Å². The molecule has 0 amide bonds. The highest BCUT2D eigenvalue weighted by Crippen LogP contribution is 2.28. The van der Waals surface area contributed by atoms with Crippen LogP contribution in [0, 0.1) is 17.8 Å². The summed E-state index contributed by atoms with van der Waals surface area (Å²) in [6.07, 6.45) is 7.72. The average molecular weight is 222 g/mol. The van der Waals surface area contributed by atoms with Crippen LogP contribution in [0.3, 0.4) is 0 Å². The molecule has 1 aliphatic rings. The molecule has 0 saturated carbocycles. The molecule has 0 aromatic rings. The number of ether oxygens (including phenoxy) is 1. The van der Waals surface area contributed by atoms with Gasteiger partial charge in [0, 0.05) is 5.92 Å². The van der Waals surface area contributed by atoms with Gasteiger partial charge in [0.15, 0.2) is 0 Å². The number of carbonyl (C=O) groups excluding carboxylic acids is 2. The molecule has 1 unspecified atom stereocenters. The summed E-state index contributed by atoms with van der Waals surface area (Å²) in [7, 11) is 0. The maximum atomic E-state index is 11.7. The molecule has 0 bridgehead atoms. The number of carbonyl (C=O) groups is 2. The molecule has 0 saturated heterocycles. The van der Waals surface area contributed by atoms with Crippen LogP contribution in [-0.2, 0) is 14.3 Å². The lowest BCUT2D eigenvalue weighted by molar-refractivity contribution is -0.153. The van der Waals surface area contributed by atoms with Crippen LogP contribution in [0.2, 0.25) is 0 Å². The fraction of sp³-hybridized carbons (Fsp3) is 0.538. The Bertz CT molecular complexity index is 328. The van der Waals surface area contributed by atoms with Crippen LogP contribution >= 0.6 is 0 Å². The first-order valence-electron chi connectivity index (χ1n) is 5.60. The number of allylic oxidation sites excluding steroid dienone is 4. The zero-order valence-corrected chi connectivity index (χ0v) is 9.97. The Morgan fingerprint density at radius 3 is 2.44 bits per heavy atom. The van der Waals surface area contributed by atoms with E-state index in [-0.39, 0.29) is 17.6 Å². The van der Waals surface area contributed by atoms with Gasteiger partial charge in [0.1, 0.15) is 11.7 Å². The second kappa shape index (κ2) is 5.64. The third kappa shape index (κ3) is 2.81. The Hall–Kier alpha value is -1.38. The van der Waals surface area contributed by atoms with E-state index in [1.165, 1.54) is 6.92 Å². The maximum absolute atomic E-state index is 11.7. The van der Waals surface area contributed by atoms with Crippen molar-refractivity contribution in [2.75, 3.05) is 6.61 Å². The highest BCUT2D eigenvalue weighted by molar-refractivity contribution is 5.98. The number of hydrogen-bond acceptors (Lipinski definition) is 3. The van der Waals surface area contributed by atoms with Gasteiger partial charge >= 0.3 is 5.97 Å². The van der Waals surface area contributed by atoms with Crippen molar-refractivity contribution in [2.45, 2.75) is 20.8 Å². The summed E-state index contributed by atoms with van der Waals surface area (Å²) in [4.78, 5) is 23.3. The maximum Gasteiger partial charge on any atom is 0.317 e. The summed E-state index contributed by atoms with van der Waals surface area (Å²) >= 11 is 0. The minimum Gasteiger partial charge on any atom is -0.465 e. The second-order valence-electron chi connectivity index (χ2n) is 4.05. The number of esters is 1. The lowest BCUT2D eigenvalue weighted by Gasteiger charge is -2.26. The van der Waals surface area contributed by atoms with E-state index >= 15 is 0 Å². The summed E-state index contributed by atoms with van der Waals surface area (Å²) < 4.78 is 4.95. The van der Waals surface area contributed by atoms with E-state index in [2.05, 4.69) is 0 Å². The summed E-state index contributed by atoms with van der Waals surface area (Å²) in [6.45, 7) is 5.50. The van der Waals surface area contributed by atoms with Crippen LogP contribution in [0.25, 0.3) is 0 Å². The molecule has 0 aromatic heterocycles. The van der Waals surface area contributed by atoms with Crippen molar-refractivity contribution in [3.8, 4) is 0 Å². The zero-order valence-electron chi connectivity index (χ0n) is 9.97. The normalized spacial score (nSPS) is 25.2. The molecule has 16 heavy (non-hydrogen) atoms. The van der Waals surface area contributed by atoms with Gasteiger partial charge in [0.2, 0.25) is 0 Å². The topological polar surface area (TPSA) is 43.4 Å². The van der Waals surface area contributed by atoms with Gasteiger partial charge in [-0.3, -0.25) is 9.59 Å². The lowest BCUT2D eigenvalue weighted by Crippen LogP contribution is -2.34. The Balaban J connectivity index is 2.85. The molecule has 0 heterocycles. The fourth-order valence-corrected chi connectivity index (χ4v) is 1.98. The molecular formula is C13H18O3. The molecule has 1 aliphatic carbocycles. The van der Waals surface area contributed by atoms with E-state index in [0.717, 1.165) is 0 Å². The van der Waals surface area contributed by atoms with Crippen LogP contribution in [0.5, 0.6) is 0 Å². The van der Waals surface area contributed by atoms with Gasteiger partial charge in [-0.05, 0) is 19.8 Å². The van der Waals surface area contributed by atoms with Gasteiger partial charge in [0.25, 0.3) is 0 Å². The number of Topliss-reactive ketones (excluding diaryl/α,β-unsaturated/α-hetero) is 1. The van der Waals surface area contributed by atoms with Crippen LogP contribution < -0.4 is 0 Å². The third-order valence-electron chi connectivity index (χ3n) is 2.83. The molecule has 0 spiro atoms. The molecule has 0 N–H and O–H groups in total. The van der Waals surface area contributed by atoms with Gasteiger partial charge in [-0.1, -0.05) is 31.2 Å². The van der Waals surface area contributed by atoms with Crippen molar-refractivity contribution >= 4 is 11.8 Å². The molecule has 0 aliphatic heterocycles. The Labute approximate surface area is 96.2 Å². The molecule has 1 rings (SSSR count). The van der Waals surface area contributed by atoms with Gasteiger partial charge < -0.3 is 4.74 Å². The van der Waals surface area contributed by atoms with E-state index in [9.17, 15) is 9.59 Å². The van der Waals surface area contributed by atoms with Gasteiger partial charge in [0.05, 0.1) is 6.61 Å². The van der Waals surface area contributed by atoms with Crippen molar-refractivity contribution in [1.82, 2.24) is 0 Å². The molecule has 3 nitrogen and oxygen atoms in total. The van der Waals surface area contributed by atoms with Crippen LogP contribution in [0.4, 0.5) is 0 Å². The number of rotatable bonds is 4. The molecule has 0 radical (unpaired) electrons. The van der Waals surface area contributed by atoms with Crippen molar-refractivity contribution in [1.29, 1.82) is 0 Å². The fourth-order valence-electron chi connectivity index (χ4n) is 1.98. The number of hydrogen-bond donors (Lipinski definition) is 0. The van der Waals surface area contributed by atoms with Gasteiger partial charge in [-0.25, -0.2) is 0 Å². The molecule has 88 valence electrons. The van der Waals surface area contributed by atoms with E-state index in [4.69, 9.17) is 4.74 Å². The average Bonchev–Trinajstić information content (AvgIpc) is 2.21. The van der Waals surface area contributed by atoms with E-state index < -0.39 is 11.9 Å². The summed E-state index contributed by atoms with van der Waals surface area (Å²) in [5.74, 6) is -1.11. The molecule has 0 aromatic carbocycles. The molecule has 3 atom stereocenters. The summed E-state index contributed by atoms with van der Waals surface area (Å²) in [5, 5.41) is 0. The minimum absolute atomic E-state index is 0.0819. The van der Waals surface area contributed by atoms with E-state index in [0.29, 0.717) is 6.61 Å². The van der Waals surface area contributed by atoms with Crippen molar-refractivity contribution < 1.29 is 14.3 Å². The van der Waals surface area contributed by atoms with Crippen LogP contribution in [-0.4, -0.2) is 18.4 Å². The summed E-state index contributed by atoms with van der Waals surface area (Å²) in [6, 6.07) is 0.